The van der Waals surface area contributed by atoms with Crippen molar-refractivity contribution in [3.8, 4) is 28.3 Å². The van der Waals surface area contributed by atoms with Crippen LogP contribution in [0, 0.1) is 6.92 Å². The number of aromatic nitrogens is 2. The Morgan fingerprint density at radius 3 is 2.33 bits per heavy atom. The van der Waals surface area contributed by atoms with Crippen LogP contribution in [0.4, 0.5) is 0 Å². The summed E-state index contributed by atoms with van der Waals surface area (Å²) in [5.41, 5.74) is 3.81. The molecular weight excluding hydrogens is 526 g/mol. The molecule has 1 amide bonds. The van der Waals surface area contributed by atoms with E-state index in [-0.39, 0.29) is 11.3 Å². The second-order valence-electron chi connectivity index (χ2n) is 9.24. The van der Waals surface area contributed by atoms with Gasteiger partial charge < -0.3 is 13.7 Å². The summed E-state index contributed by atoms with van der Waals surface area (Å²) in [7, 11) is -3.87. The van der Waals surface area contributed by atoms with Gasteiger partial charge in [0.25, 0.3) is 10.0 Å². The molecule has 0 aliphatic carbocycles. The van der Waals surface area contributed by atoms with Crippen molar-refractivity contribution in [2.75, 3.05) is 6.61 Å². The van der Waals surface area contributed by atoms with E-state index in [1.54, 1.807) is 18.2 Å². The van der Waals surface area contributed by atoms with Gasteiger partial charge in [-0.3, -0.25) is 4.79 Å². The zero-order valence-corrected chi connectivity index (χ0v) is 22.8. The Morgan fingerprint density at radius 2 is 1.60 bits per heavy atom. The van der Waals surface area contributed by atoms with Gasteiger partial charge in [-0.2, -0.15) is 0 Å². The fraction of sp³-hybridized carbons (Fsp3) is 0.161. The van der Waals surface area contributed by atoms with Crippen molar-refractivity contribution in [2.24, 2.45) is 0 Å². The SMILES string of the molecule is Cc1oc(-c2ccccc2)nc1CCOc1ccc(-c2ccn(CCC(=O)NS(=O)(=O)c3ccccc3)c2)cc1. The second kappa shape index (κ2) is 12.0. The highest BCUT2D eigenvalue weighted by Gasteiger charge is 2.17. The maximum absolute atomic E-state index is 12.3. The lowest BCUT2D eigenvalue weighted by atomic mass is 10.1. The summed E-state index contributed by atoms with van der Waals surface area (Å²) in [6, 6.07) is 27.4. The Hall–Kier alpha value is -4.63. The molecule has 2 aromatic heterocycles. The third kappa shape index (κ3) is 6.68. The largest absolute Gasteiger partial charge is 0.493 e. The molecule has 40 heavy (non-hydrogen) atoms. The van der Waals surface area contributed by atoms with Gasteiger partial charge in [0, 0.05) is 37.3 Å². The smallest absolute Gasteiger partial charge is 0.264 e. The van der Waals surface area contributed by atoms with E-state index < -0.39 is 15.9 Å². The number of nitrogens with one attached hydrogen (secondary N) is 1. The summed E-state index contributed by atoms with van der Waals surface area (Å²) in [6.07, 6.45) is 4.45. The third-order valence-corrected chi connectivity index (χ3v) is 7.75. The van der Waals surface area contributed by atoms with Crippen molar-refractivity contribution in [2.45, 2.75) is 31.2 Å². The lowest BCUT2D eigenvalue weighted by molar-refractivity contribution is -0.119. The van der Waals surface area contributed by atoms with E-state index in [0.717, 1.165) is 33.9 Å². The van der Waals surface area contributed by atoms with Crippen LogP contribution < -0.4 is 9.46 Å². The number of oxazole rings is 1. The van der Waals surface area contributed by atoms with Crippen LogP contribution in [0.15, 0.2) is 113 Å². The molecule has 0 fully saturated rings. The summed E-state index contributed by atoms with van der Waals surface area (Å²) in [5.74, 6) is 1.60. The molecule has 0 aliphatic rings. The van der Waals surface area contributed by atoms with E-state index >= 15 is 0 Å². The van der Waals surface area contributed by atoms with Crippen molar-refractivity contribution >= 4 is 15.9 Å². The van der Waals surface area contributed by atoms with Gasteiger partial charge in [-0.05, 0) is 60.5 Å². The number of carbonyl (C=O) groups excluding carboxylic acids is 1. The number of nitrogens with zero attached hydrogens (tertiary/aromatic N) is 2. The molecule has 0 saturated heterocycles. The predicted octanol–water partition coefficient (Wildman–Crippen LogP) is 5.64. The molecule has 9 heteroatoms. The van der Waals surface area contributed by atoms with Gasteiger partial charge in [-0.15, -0.1) is 0 Å². The number of ether oxygens (including phenoxy) is 1. The molecule has 0 saturated carbocycles. The number of rotatable bonds is 11. The monoisotopic (exact) mass is 555 g/mol. The molecule has 5 rings (SSSR count). The second-order valence-corrected chi connectivity index (χ2v) is 10.9. The lowest BCUT2D eigenvalue weighted by Gasteiger charge is -2.07. The molecule has 5 aromatic rings. The minimum atomic E-state index is -3.87. The zero-order chi connectivity index (χ0) is 28.0. The molecule has 0 atom stereocenters. The maximum Gasteiger partial charge on any atom is 0.264 e. The molecule has 8 nitrogen and oxygen atoms in total. The zero-order valence-electron chi connectivity index (χ0n) is 22.0. The highest BCUT2D eigenvalue weighted by Crippen LogP contribution is 2.24. The number of carbonyl (C=O) groups is 1. The average molecular weight is 556 g/mol. The molecular formula is C31H29N3O5S. The Labute approximate surface area is 233 Å². The Bertz CT molecular complexity index is 1680. The standard InChI is InChI=1S/C31H29N3O5S/c1-23-29(32-31(39-23)25-8-4-2-5-9-25)18-21-38-27-14-12-24(13-15-27)26-16-19-34(22-26)20-17-30(35)33-40(36,37)28-10-6-3-7-11-28/h2-16,19,22H,17-18,20-21H2,1H3,(H,33,35). The molecule has 1 N–H and O–H groups in total. The number of hydrogen-bond donors (Lipinski definition) is 1. The lowest BCUT2D eigenvalue weighted by Crippen LogP contribution is -2.31. The van der Waals surface area contributed by atoms with E-state index in [2.05, 4.69) is 9.71 Å². The number of aryl methyl sites for hydroxylation is 2. The summed E-state index contributed by atoms with van der Waals surface area (Å²) >= 11 is 0. The minimum absolute atomic E-state index is 0.0325. The summed E-state index contributed by atoms with van der Waals surface area (Å²) in [6.45, 7) is 2.74. The predicted molar refractivity (Wildman–Crippen MR) is 152 cm³/mol. The fourth-order valence-electron chi connectivity index (χ4n) is 4.21. The molecule has 0 bridgehead atoms. The normalized spacial score (nSPS) is 11.3. The quantitative estimate of drug-likeness (QED) is 0.226. The summed E-state index contributed by atoms with van der Waals surface area (Å²) in [5, 5.41) is 0. The molecule has 204 valence electrons. The highest BCUT2D eigenvalue weighted by atomic mass is 32.2. The van der Waals surface area contributed by atoms with Crippen LogP contribution in [0.2, 0.25) is 0 Å². The van der Waals surface area contributed by atoms with E-state index in [1.165, 1.54) is 12.1 Å². The van der Waals surface area contributed by atoms with Gasteiger partial charge in [0.05, 0.1) is 17.2 Å². The summed E-state index contributed by atoms with van der Waals surface area (Å²) in [4.78, 5) is 16.9. The van der Waals surface area contributed by atoms with Gasteiger partial charge in [0.1, 0.15) is 11.5 Å². The topological polar surface area (TPSA) is 103 Å². The van der Waals surface area contributed by atoms with Crippen LogP contribution in [0.5, 0.6) is 5.75 Å². The van der Waals surface area contributed by atoms with Crippen LogP contribution in [-0.4, -0.2) is 30.5 Å². The fourth-order valence-corrected chi connectivity index (χ4v) is 5.25. The number of amides is 1. The van der Waals surface area contributed by atoms with E-state index in [0.29, 0.717) is 25.5 Å². The van der Waals surface area contributed by atoms with Crippen molar-refractivity contribution in [3.63, 3.8) is 0 Å². The van der Waals surface area contributed by atoms with Gasteiger partial charge >= 0.3 is 0 Å². The van der Waals surface area contributed by atoms with Crippen molar-refractivity contribution in [3.05, 3.63) is 115 Å². The van der Waals surface area contributed by atoms with Crippen LogP contribution in [0.3, 0.4) is 0 Å². The first-order valence-corrected chi connectivity index (χ1v) is 14.4. The van der Waals surface area contributed by atoms with Crippen LogP contribution in [0.25, 0.3) is 22.6 Å². The average Bonchev–Trinajstić information content (AvgIpc) is 3.60. The Morgan fingerprint density at radius 1 is 0.900 bits per heavy atom. The van der Waals surface area contributed by atoms with E-state index in [1.807, 2.05) is 84.5 Å². The molecule has 2 heterocycles. The van der Waals surface area contributed by atoms with Crippen LogP contribution >= 0.6 is 0 Å². The molecule has 0 spiro atoms. The molecule has 0 aliphatic heterocycles. The maximum atomic E-state index is 12.3. The van der Waals surface area contributed by atoms with E-state index in [9.17, 15) is 13.2 Å². The van der Waals surface area contributed by atoms with Crippen molar-refractivity contribution in [1.29, 1.82) is 0 Å². The van der Waals surface area contributed by atoms with Crippen LogP contribution in [0.1, 0.15) is 17.9 Å². The minimum Gasteiger partial charge on any atom is -0.493 e. The molecule has 0 unspecified atom stereocenters. The number of hydrogen-bond acceptors (Lipinski definition) is 6. The van der Waals surface area contributed by atoms with Crippen molar-refractivity contribution < 1.29 is 22.4 Å². The first-order chi connectivity index (χ1) is 19.4. The van der Waals surface area contributed by atoms with Gasteiger partial charge in [0.15, 0.2) is 0 Å². The first-order valence-electron chi connectivity index (χ1n) is 12.9. The first kappa shape index (κ1) is 27.0. The highest BCUT2D eigenvalue weighted by molar-refractivity contribution is 7.90. The third-order valence-electron chi connectivity index (χ3n) is 6.36. The van der Waals surface area contributed by atoms with E-state index in [4.69, 9.17) is 9.15 Å². The summed E-state index contributed by atoms with van der Waals surface area (Å²) < 4.78 is 40.4. The van der Waals surface area contributed by atoms with Gasteiger partial charge in [0.2, 0.25) is 11.8 Å². The molecule has 0 radical (unpaired) electrons. The Kier molecular flexibility index (Phi) is 8.12. The van der Waals surface area contributed by atoms with Crippen LogP contribution in [-0.2, 0) is 27.8 Å². The van der Waals surface area contributed by atoms with Gasteiger partial charge in [-0.25, -0.2) is 18.1 Å². The molecule has 3 aromatic carbocycles. The number of sulfonamides is 1. The van der Waals surface area contributed by atoms with Gasteiger partial charge in [-0.1, -0.05) is 48.5 Å². The Balaban J connectivity index is 1.10. The van der Waals surface area contributed by atoms with Crippen molar-refractivity contribution in [1.82, 2.24) is 14.3 Å². The number of benzene rings is 3.